The standard InChI is InChI=1S/C22H18N4O2S2/c27-21(26-22-25-19(13-30-22)16-2-1-9-23-10-16)15-5-7-17(8-6-15)28-11-20-24-18(12-29-20)14-3-4-14/h1-2,5-10,12-14H,3-4,11H2,(H,25,26,27). The van der Waals surface area contributed by atoms with Crippen LogP contribution in [0.5, 0.6) is 5.75 Å². The molecule has 8 heteroatoms. The van der Waals surface area contributed by atoms with Gasteiger partial charge in [-0.05, 0) is 49.2 Å². The number of amides is 1. The topological polar surface area (TPSA) is 77.0 Å². The number of nitrogens with one attached hydrogen (secondary N) is 1. The molecule has 1 fully saturated rings. The van der Waals surface area contributed by atoms with Crippen molar-refractivity contribution in [2.45, 2.75) is 25.4 Å². The Morgan fingerprint density at radius 2 is 1.97 bits per heavy atom. The summed E-state index contributed by atoms with van der Waals surface area (Å²) in [6, 6.07) is 10.9. The maximum absolute atomic E-state index is 12.5. The zero-order valence-electron chi connectivity index (χ0n) is 15.9. The van der Waals surface area contributed by atoms with E-state index in [-0.39, 0.29) is 5.91 Å². The number of benzene rings is 1. The summed E-state index contributed by atoms with van der Waals surface area (Å²) in [5, 5.41) is 8.40. The summed E-state index contributed by atoms with van der Waals surface area (Å²) in [7, 11) is 0. The molecule has 0 radical (unpaired) electrons. The van der Waals surface area contributed by atoms with Crippen LogP contribution in [0.4, 0.5) is 5.13 Å². The van der Waals surface area contributed by atoms with Crippen molar-refractivity contribution in [1.29, 1.82) is 0 Å². The molecule has 3 aromatic heterocycles. The molecule has 1 amide bonds. The minimum Gasteiger partial charge on any atom is -0.486 e. The fourth-order valence-electron chi connectivity index (χ4n) is 2.95. The molecule has 1 aromatic carbocycles. The van der Waals surface area contributed by atoms with Gasteiger partial charge in [0.15, 0.2) is 5.13 Å². The van der Waals surface area contributed by atoms with Gasteiger partial charge >= 0.3 is 0 Å². The molecule has 1 N–H and O–H groups in total. The molecule has 0 unspecified atom stereocenters. The van der Waals surface area contributed by atoms with Gasteiger partial charge < -0.3 is 4.74 Å². The van der Waals surface area contributed by atoms with E-state index in [0.29, 0.717) is 29.0 Å². The van der Waals surface area contributed by atoms with E-state index in [0.717, 1.165) is 16.3 Å². The highest BCUT2D eigenvalue weighted by Crippen LogP contribution is 2.40. The lowest BCUT2D eigenvalue weighted by Gasteiger charge is -2.06. The van der Waals surface area contributed by atoms with Gasteiger partial charge in [0.1, 0.15) is 17.4 Å². The second-order valence-corrected chi connectivity index (χ2v) is 8.79. The summed E-state index contributed by atoms with van der Waals surface area (Å²) in [6.07, 6.45) is 5.96. The van der Waals surface area contributed by atoms with E-state index in [9.17, 15) is 4.79 Å². The van der Waals surface area contributed by atoms with E-state index in [4.69, 9.17) is 4.74 Å². The predicted molar refractivity (Wildman–Crippen MR) is 118 cm³/mol. The first-order valence-corrected chi connectivity index (χ1v) is 11.3. The molecular formula is C22H18N4O2S2. The van der Waals surface area contributed by atoms with E-state index in [2.05, 4.69) is 25.6 Å². The Kier molecular flexibility index (Phi) is 5.25. The van der Waals surface area contributed by atoms with Crippen molar-refractivity contribution in [3.63, 3.8) is 0 Å². The van der Waals surface area contributed by atoms with Gasteiger partial charge in [0.2, 0.25) is 0 Å². The van der Waals surface area contributed by atoms with Crippen LogP contribution < -0.4 is 10.1 Å². The summed E-state index contributed by atoms with van der Waals surface area (Å²) < 4.78 is 5.81. The Hall–Kier alpha value is -3.10. The van der Waals surface area contributed by atoms with Crippen molar-refractivity contribution in [3.05, 3.63) is 75.8 Å². The van der Waals surface area contributed by atoms with Crippen LogP contribution in [0.1, 0.15) is 39.8 Å². The van der Waals surface area contributed by atoms with Gasteiger partial charge in [-0.3, -0.25) is 15.1 Å². The number of carbonyl (C=O) groups is 1. The molecule has 0 saturated heterocycles. The van der Waals surface area contributed by atoms with Gasteiger partial charge in [0.05, 0.1) is 11.4 Å². The summed E-state index contributed by atoms with van der Waals surface area (Å²) in [5.41, 5.74) is 3.45. The maximum atomic E-state index is 12.5. The lowest BCUT2D eigenvalue weighted by Crippen LogP contribution is -2.11. The number of nitrogens with zero attached hydrogens (tertiary/aromatic N) is 3. The van der Waals surface area contributed by atoms with Crippen LogP contribution >= 0.6 is 22.7 Å². The van der Waals surface area contributed by atoms with Gasteiger partial charge in [-0.15, -0.1) is 22.7 Å². The van der Waals surface area contributed by atoms with Crippen LogP contribution in [-0.2, 0) is 6.61 Å². The molecule has 0 atom stereocenters. The molecule has 150 valence electrons. The van der Waals surface area contributed by atoms with Gasteiger partial charge in [0, 0.05) is 40.2 Å². The SMILES string of the molecule is O=C(Nc1nc(-c2cccnc2)cs1)c1ccc(OCc2nc(C3CC3)cs2)cc1. The number of aromatic nitrogens is 3. The zero-order chi connectivity index (χ0) is 20.3. The molecule has 30 heavy (non-hydrogen) atoms. The number of hydrogen-bond acceptors (Lipinski definition) is 7. The molecule has 4 aromatic rings. The van der Waals surface area contributed by atoms with Crippen LogP contribution in [0.2, 0.25) is 0 Å². The van der Waals surface area contributed by atoms with Crippen molar-refractivity contribution in [3.8, 4) is 17.0 Å². The smallest absolute Gasteiger partial charge is 0.257 e. The lowest BCUT2D eigenvalue weighted by molar-refractivity contribution is 0.102. The van der Waals surface area contributed by atoms with Crippen LogP contribution in [0, 0.1) is 0 Å². The van der Waals surface area contributed by atoms with Crippen LogP contribution in [0.15, 0.2) is 59.6 Å². The molecule has 5 rings (SSSR count). The number of rotatable bonds is 7. The van der Waals surface area contributed by atoms with Crippen molar-refractivity contribution in [1.82, 2.24) is 15.0 Å². The molecule has 3 heterocycles. The highest BCUT2D eigenvalue weighted by atomic mass is 32.1. The van der Waals surface area contributed by atoms with E-state index >= 15 is 0 Å². The molecule has 1 aliphatic rings. The fourth-order valence-corrected chi connectivity index (χ4v) is 4.45. The van der Waals surface area contributed by atoms with E-state index < -0.39 is 0 Å². The zero-order valence-corrected chi connectivity index (χ0v) is 17.6. The molecule has 0 spiro atoms. The molecule has 1 saturated carbocycles. The largest absolute Gasteiger partial charge is 0.486 e. The van der Waals surface area contributed by atoms with Crippen molar-refractivity contribution < 1.29 is 9.53 Å². The Morgan fingerprint density at radius 1 is 1.10 bits per heavy atom. The van der Waals surface area contributed by atoms with Gasteiger partial charge in [-0.2, -0.15) is 0 Å². The third kappa shape index (κ3) is 4.39. The molecule has 0 aliphatic heterocycles. The van der Waals surface area contributed by atoms with E-state index in [1.54, 1.807) is 48.0 Å². The normalized spacial score (nSPS) is 13.2. The number of hydrogen-bond donors (Lipinski definition) is 1. The van der Waals surface area contributed by atoms with Gasteiger partial charge in [-0.25, -0.2) is 9.97 Å². The van der Waals surface area contributed by atoms with Crippen molar-refractivity contribution in [2.75, 3.05) is 5.32 Å². The van der Waals surface area contributed by atoms with Crippen LogP contribution in [0.25, 0.3) is 11.3 Å². The Labute approximate surface area is 181 Å². The highest BCUT2D eigenvalue weighted by molar-refractivity contribution is 7.14. The number of anilines is 1. The number of carbonyl (C=O) groups excluding carboxylic acids is 1. The van der Waals surface area contributed by atoms with Crippen molar-refractivity contribution in [2.24, 2.45) is 0 Å². The summed E-state index contributed by atoms with van der Waals surface area (Å²) in [4.78, 5) is 25.7. The second-order valence-electron chi connectivity index (χ2n) is 6.99. The summed E-state index contributed by atoms with van der Waals surface area (Å²) >= 11 is 3.02. The average Bonchev–Trinajstić information content (AvgIpc) is 3.34. The van der Waals surface area contributed by atoms with Crippen LogP contribution in [0.3, 0.4) is 0 Å². The number of pyridine rings is 1. The summed E-state index contributed by atoms with van der Waals surface area (Å²) in [5.74, 6) is 1.16. The lowest BCUT2D eigenvalue weighted by atomic mass is 10.2. The molecule has 6 nitrogen and oxygen atoms in total. The number of thiazole rings is 2. The third-order valence-corrected chi connectivity index (χ3v) is 6.32. The third-order valence-electron chi connectivity index (χ3n) is 4.73. The first-order chi connectivity index (χ1) is 14.7. The second kappa shape index (κ2) is 8.33. The van der Waals surface area contributed by atoms with Crippen molar-refractivity contribution >= 4 is 33.7 Å². The average molecular weight is 435 g/mol. The van der Waals surface area contributed by atoms with E-state index in [1.165, 1.54) is 29.9 Å². The Balaban J connectivity index is 1.17. The van der Waals surface area contributed by atoms with E-state index in [1.807, 2.05) is 17.5 Å². The Morgan fingerprint density at radius 3 is 2.73 bits per heavy atom. The highest BCUT2D eigenvalue weighted by Gasteiger charge is 2.26. The predicted octanol–water partition coefficient (Wildman–Crippen LogP) is 5.37. The first kappa shape index (κ1) is 18.9. The first-order valence-electron chi connectivity index (χ1n) is 9.59. The van der Waals surface area contributed by atoms with Gasteiger partial charge in [0.25, 0.3) is 5.91 Å². The summed E-state index contributed by atoms with van der Waals surface area (Å²) in [6.45, 7) is 0.444. The van der Waals surface area contributed by atoms with Gasteiger partial charge in [-0.1, -0.05) is 0 Å². The molecule has 0 bridgehead atoms. The molecule has 1 aliphatic carbocycles. The maximum Gasteiger partial charge on any atom is 0.257 e. The Bertz CT molecular complexity index is 1150. The minimum absolute atomic E-state index is 0.206. The minimum atomic E-state index is -0.206. The molecular weight excluding hydrogens is 416 g/mol. The monoisotopic (exact) mass is 434 g/mol. The quantitative estimate of drug-likeness (QED) is 0.423. The number of ether oxygens (including phenoxy) is 1. The fraction of sp³-hybridized carbons (Fsp3) is 0.182. The van der Waals surface area contributed by atoms with Crippen LogP contribution in [-0.4, -0.2) is 20.9 Å².